The van der Waals surface area contributed by atoms with Crippen molar-refractivity contribution in [3.05, 3.63) is 0 Å². The molecule has 1 heterocycles. The Balaban J connectivity index is 2.30. The number of piperidine rings is 1. The predicted molar refractivity (Wildman–Crippen MR) is 70.9 cm³/mol. The largest absolute Gasteiger partial charge is 0.356 e. The minimum Gasteiger partial charge on any atom is -0.356 e. The highest BCUT2D eigenvalue weighted by Crippen LogP contribution is 2.18. The normalized spacial score (nSPS) is 18.5. The molecule has 0 bridgehead atoms. The van der Waals surface area contributed by atoms with E-state index in [0.717, 1.165) is 19.3 Å². The van der Waals surface area contributed by atoms with Gasteiger partial charge in [0.2, 0.25) is 11.8 Å². The number of carbonyl (C=O) groups is 2. The summed E-state index contributed by atoms with van der Waals surface area (Å²) in [6, 6.07) is 0.0711. The number of likely N-dealkylation sites (tertiary alicyclic amines) is 1. The average Bonchev–Trinajstić information content (AvgIpc) is 2.36. The van der Waals surface area contributed by atoms with Gasteiger partial charge in [-0.3, -0.25) is 9.59 Å². The van der Waals surface area contributed by atoms with Crippen molar-refractivity contribution >= 4 is 11.8 Å². The third kappa shape index (κ3) is 4.64. The minimum absolute atomic E-state index is 0.0711. The number of hydrogen-bond donors (Lipinski definition) is 2. The van der Waals surface area contributed by atoms with Gasteiger partial charge in [-0.2, -0.15) is 0 Å². The van der Waals surface area contributed by atoms with Crippen LogP contribution in [0.4, 0.5) is 0 Å². The van der Waals surface area contributed by atoms with E-state index in [2.05, 4.69) is 5.32 Å². The smallest absolute Gasteiger partial charge is 0.223 e. The minimum atomic E-state index is 0.0711. The van der Waals surface area contributed by atoms with Gasteiger partial charge in [0, 0.05) is 38.0 Å². The molecule has 3 N–H and O–H groups in total. The Morgan fingerprint density at radius 2 is 2.00 bits per heavy atom. The number of nitrogens with zero attached hydrogens (tertiary/aromatic N) is 1. The molecule has 1 aliphatic heterocycles. The second kappa shape index (κ2) is 7.36. The van der Waals surface area contributed by atoms with Gasteiger partial charge in [0.15, 0.2) is 0 Å². The van der Waals surface area contributed by atoms with Crippen molar-refractivity contribution in [3.63, 3.8) is 0 Å². The van der Waals surface area contributed by atoms with Crippen LogP contribution >= 0.6 is 0 Å². The van der Waals surface area contributed by atoms with Gasteiger partial charge in [-0.15, -0.1) is 0 Å². The third-order valence-electron chi connectivity index (χ3n) is 3.38. The van der Waals surface area contributed by atoms with Crippen molar-refractivity contribution in [2.75, 3.05) is 19.6 Å². The van der Waals surface area contributed by atoms with E-state index in [1.165, 1.54) is 0 Å². The quantitative estimate of drug-likeness (QED) is 0.750. The summed E-state index contributed by atoms with van der Waals surface area (Å²) in [5.41, 5.74) is 5.64. The number of rotatable bonds is 5. The predicted octanol–water partition coefficient (Wildman–Crippen LogP) is 0.489. The Labute approximate surface area is 109 Å². The van der Waals surface area contributed by atoms with Crippen LogP contribution < -0.4 is 11.1 Å². The first-order chi connectivity index (χ1) is 8.54. The van der Waals surface area contributed by atoms with Crippen molar-refractivity contribution in [2.24, 2.45) is 11.7 Å². The van der Waals surface area contributed by atoms with Gasteiger partial charge in [-0.05, 0) is 33.1 Å². The summed E-state index contributed by atoms with van der Waals surface area (Å²) in [6.45, 7) is 5.89. The average molecular weight is 255 g/mol. The van der Waals surface area contributed by atoms with Crippen LogP contribution in [0.15, 0.2) is 0 Å². The van der Waals surface area contributed by atoms with Crippen LogP contribution in [-0.4, -0.2) is 42.4 Å². The lowest BCUT2D eigenvalue weighted by Crippen LogP contribution is -2.43. The summed E-state index contributed by atoms with van der Waals surface area (Å²) in [5, 5.41) is 2.84. The molecule has 0 aromatic carbocycles. The topological polar surface area (TPSA) is 75.4 Å². The van der Waals surface area contributed by atoms with E-state index in [1.54, 1.807) is 0 Å². The zero-order valence-electron chi connectivity index (χ0n) is 11.4. The first-order valence-corrected chi connectivity index (χ1v) is 6.85. The SMILES string of the molecule is CCNC(=O)C1CCN(C(=O)CCC(C)N)CC1. The van der Waals surface area contributed by atoms with E-state index < -0.39 is 0 Å². The molecule has 0 aromatic rings. The number of amides is 2. The molecule has 2 amide bonds. The molecular formula is C13H25N3O2. The molecule has 104 valence electrons. The van der Waals surface area contributed by atoms with E-state index in [-0.39, 0.29) is 23.8 Å². The molecule has 18 heavy (non-hydrogen) atoms. The van der Waals surface area contributed by atoms with Crippen LogP contribution in [-0.2, 0) is 9.59 Å². The summed E-state index contributed by atoms with van der Waals surface area (Å²) in [6.07, 6.45) is 2.80. The first kappa shape index (κ1) is 15.0. The maximum Gasteiger partial charge on any atom is 0.223 e. The monoisotopic (exact) mass is 255 g/mol. The zero-order chi connectivity index (χ0) is 13.5. The lowest BCUT2D eigenvalue weighted by molar-refractivity contribution is -0.135. The van der Waals surface area contributed by atoms with Crippen LogP contribution in [0, 0.1) is 5.92 Å². The second-order valence-electron chi connectivity index (χ2n) is 5.07. The van der Waals surface area contributed by atoms with Crippen LogP contribution in [0.5, 0.6) is 0 Å². The first-order valence-electron chi connectivity index (χ1n) is 6.85. The lowest BCUT2D eigenvalue weighted by atomic mass is 9.95. The van der Waals surface area contributed by atoms with Crippen LogP contribution in [0.2, 0.25) is 0 Å². The number of hydrogen-bond acceptors (Lipinski definition) is 3. The zero-order valence-corrected chi connectivity index (χ0v) is 11.4. The van der Waals surface area contributed by atoms with Gasteiger partial charge in [-0.25, -0.2) is 0 Å². The van der Waals surface area contributed by atoms with Crippen LogP contribution in [0.25, 0.3) is 0 Å². The Hall–Kier alpha value is -1.10. The van der Waals surface area contributed by atoms with E-state index in [0.29, 0.717) is 26.1 Å². The molecule has 0 aromatic heterocycles. The number of nitrogens with two attached hydrogens (primary N) is 1. The maximum absolute atomic E-state index is 11.9. The standard InChI is InChI=1S/C13H25N3O2/c1-3-15-13(18)11-6-8-16(9-7-11)12(17)5-4-10(2)14/h10-11H,3-9,14H2,1-2H3,(H,15,18). The van der Waals surface area contributed by atoms with E-state index >= 15 is 0 Å². The molecular weight excluding hydrogens is 230 g/mol. The van der Waals surface area contributed by atoms with Crippen molar-refractivity contribution < 1.29 is 9.59 Å². The van der Waals surface area contributed by atoms with Crippen LogP contribution in [0.3, 0.4) is 0 Å². The van der Waals surface area contributed by atoms with Crippen molar-refractivity contribution in [3.8, 4) is 0 Å². The van der Waals surface area contributed by atoms with E-state index in [1.807, 2.05) is 18.7 Å². The fraction of sp³-hybridized carbons (Fsp3) is 0.846. The maximum atomic E-state index is 11.9. The Morgan fingerprint density at radius 1 is 1.39 bits per heavy atom. The molecule has 5 nitrogen and oxygen atoms in total. The second-order valence-corrected chi connectivity index (χ2v) is 5.07. The molecule has 1 aliphatic rings. The molecule has 1 unspecified atom stereocenters. The Bertz CT molecular complexity index is 284. The van der Waals surface area contributed by atoms with E-state index in [9.17, 15) is 9.59 Å². The molecule has 1 fully saturated rings. The van der Waals surface area contributed by atoms with Gasteiger partial charge in [0.05, 0.1) is 0 Å². The molecule has 0 aliphatic carbocycles. The highest BCUT2D eigenvalue weighted by atomic mass is 16.2. The summed E-state index contributed by atoms with van der Waals surface area (Å²) in [4.78, 5) is 25.4. The molecule has 0 radical (unpaired) electrons. The molecule has 1 rings (SSSR count). The highest BCUT2D eigenvalue weighted by Gasteiger charge is 2.26. The highest BCUT2D eigenvalue weighted by molar-refractivity contribution is 5.80. The third-order valence-corrected chi connectivity index (χ3v) is 3.38. The van der Waals surface area contributed by atoms with Gasteiger partial charge in [0.1, 0.15) is 0 Å². The van der Waals surface area contributed by atoms with Gasteiger partial charge < -0.3 is 16.0 Å². The number of nitrogens with one attached hydrogen (secondary N) is 1. The Morgan fingerprint density at radius 3 is 2.50 bits per heavy atom. The fourth-order valence-corrected chi connectivity index (χ4v) is 2.22. The summed E-state index contributed by atoms with van der Waals surface area (Å²) >= 11 is 0. The summed E-state index contributed by atoms with van der Waals surface area (Å²) in [7, 11) is 0. The lowest BCUT2D eigenvalue weighted by Gasteiger charge is -2.31. The van der Waals surface area contributed by atoms with Gasteiger partial charge in [0.25, 0.3) is 0 Å². The molecule has 1 atom stereocenters. The van der Waals surface area contributed by atoms with Crippen LogP contribution in [0.1, 0.15) is 39.5 Å². The molecule has 0 spiro atoms. The van der Waals surface area contributed by atoms with E-state index in [4.69, 9.17) is 5.73 Å². The summed E-state index contributed by atoms with van der Waals surface area (Å²) < 4.78 is 0. The van der Waals surface area contributed by atoms with Gasteiger partial charge in [-0.1, -0.05) is 0 Å². The fourth-order valence-electron chi connectivity index (χ4n) is 2.22. The van der Waals surface area contributed by atoms with Gasteiger partial charge >= 0.3 is 0 Å². The summed E-state index contributed by atoms with van der Waals surface area (Å²) in [5.74, 6) is 0.365. The molecule has 5 heteroatoms. The van der Waals surface area contributed by atoms with Crippen molar-refractivity contribution in [2.45, 2.75) is 45.6 Å². The molecule has 1 saturated heterocycles. The number of carbonyl (C=O) groups excluding carboxylic acids is 2. The van der Waals surface area contributed by atoms with Crippen molar-refractivity contribution in [1.29, 1.82) is 0 Å². The van der Waals surface area contributed by atoms with Crippen molar-refractivity contribution in [1.82, 2.24) is 10.2 Å². The Kier molecular flexibility index (Phi) is 6.12. The molecule has 0 saturated carbocycles.